The Balaban J connectivity index is 1.59. The number of nitrogens with one attached hydrogen (secondary N) is 1. The molecule has 3 N–H and O–H groups in total. The summed E-state index contributed by atoms with van der Waals surface area (Å²) in [5.41, 5.74) is 5.98. The molecule has 1 aliphatic heterocycles. The third-order valence-electron chi connectivity index (χ3n) is 5.35. The van der Waals surface area contributed by atoms with Crippen molar-refractivity contribution in [1.29, 1.82) is 0 Å². The number of benzene rings is 1. The maximum Gasteiger partial charge on any atom is 0.164 e. The first-order valence-corrected chi connectivity index (χ1v) is 9.78. The molecule has 2 aromatic heterocycles. The molecule has 1 saturated carbocycles. The summed E-state index contributed by atoms with van der Waals surface area (Å²) < 4.78 is 42.6. The number of rotatable bonds is 3. The first kappa shape index (κ1) is 18.2. The van der Waals surface area contributed by atoms with Crippen molar-refractivity contribution in [3.05, 3.63) is 53.7 Å². The van der Waals surface area contributed by atoms with Gasteiger partial charge in [-0.2, -0.15) is 0 Å². The highest BCUT2D eigenvalue weighted by Crippen LogP contribution is 2.58. The normalized spacial score (nSPS) is 25.4. The summed E-state index contributed by atoms with van der Waals surface area (Å²) in [6, 6.07) is 3.77. The molecular weight excluding hydrogens is 401 g/mol. The van der Waals surface area contributed by atoms with E-state index in [0.29, 0.717) is 16.2 Å². The van der Waals surface area contributed by atoms with Gasteiger partial charge < -0.3 is 11.1 Å². The fourth-order valence-electron chi connectivity index (χ4n) is 3.82. The maximum absolute atomic E-state index is 14.8. The topological polar surface area (TPSA) is 89.1 Å². The smallest absolute Gasteiger partial charge is 0.164 e. The standard InChI is InChI=1S/C19H15F3N6S/c1-19(10-5-14(10)29-18(23)28-19)11-3-9(4-12(21)15(11)22)27-17-16-13(25-7-26-17)2-8(20)6-24-16/h2-4,6-7,10,14H,5H2,1H3,(H2,23,28)(H,25,26,27)/t10-,14+,19-/m1/s1. The lowest BCUT2D eigenvalue weighted by Crippen LogP contribution is -2.32. The predicted octanol–water partition coefficient (Wildman–Crippen LogP) is 3.85. The number of aromatic nitrogens is 3. The van der Waals surface area contributed by atoms with Crippen LogP contribution >= 0.6 is 11.8 Å². The molecule has 1 fully saturated rings. The monoisotopic (exact) mass is 416 g/mol. The lowest BCUT2D eigenvalue weighted by Gasteiger charge is -2.30. The second kappa shape index (κ2) is 6.31. The van der Waals surface area contributed by atoms with Gasteiger partial charge in [-0.25, -0.2) is 28.1 Å². The number of nitrogens with zero attached hydrogens (tertiary/aromatic N) is 4. The number of hydrogen-bond acceptors (Lipinski definition) is 7. The van der Waals surface area contributed by atoms with Crippen molar-refractivity contribution in [3.63, 3.8) is 0 Å². The van der Waals surface area contributed by atoms with Crippen LogP contribution in [0.5, 0.6) is 0 Å². The van der Waals surface area contributed by atoms with Crippen molar-refractivity contribution in [2.24, 2.45) is 16.6 Å². The van der Waals surface area contributed by atoms with E-state index in [0.717, 1.165) is 18.7 Å². The lowest BCUT2D eigenvalue weighted by atomic mass is 9.86. The second-order valence-electron chi connectivity index (χ2n) is 7.28. The van der Waals surface area contributed by atoms with Gasteiger partial charge in [-0.15, -0.1) is 0 Å². The number of amidine groups is 1. The van der Waals surface area contributed by atoms with Crippen LogP contribution in [0.25, 0.3) is 11.0 Å². The van der Waals surface area contributed by atoms with Crippen LogP contribution in [0.3, 0.4) is 0 Å². The minimum Gasteiger partial charge on any atom is -0.379 e. The minimum atomic E-state index is -1.01. The zero-order valence-electron chi connectivity index (χ0n) is 15.2. The summed E-state index contributed by atoms with van der Waals surface area (Å²) in [5, 5.41) is 3.58. The van der Waals surface area contributed by atoms with Crippen LogP contribution in [0.15, 0.2) is 35.7 Å². The first-order valence-electron chi connectivity index (χ1n) is 8.90. The van der Waals surface area contributed by atoms with Crippen molar-refractivity contribution >= 4 is 39.5 Å². The number of pyridine rings is 1. The highest BCUT2D eigenvalue weighted by Gasteiger charge is 2.56. The number of hydrogen-bond donors (Lipinski definition) is 2. The van der Waals surface area contributed by atoms with Crippen LogP contribution in [0, 0.1) is 23.4 Å². The molecule has 0 radical (unpaired) electrons. The molecule has 0 saturated heterocycles. The van der Waals surface area contributed by atoms with Gasteiger partial charge in [0.1, 0.15) is 17.7 Å². The van der Waals surface area contributed by atoms with Gasteiger partial charge in [0.25, 0.3) is 0 Å². The third kappa shape index (κ3) is 2.98. The summed E-state index contributed by atoms with van der Waals surface area (Å²) in [6.07, 6.45) is 3.13. The molecule has 0 bridgehead atoms. The van der Waals surface area contributed by atoms with Gasteiger partial charge in [-0.3, -0.25) is 4.99 Å². The molecule has 148 valence electrons. The minimum absolute atomic E-state index is 0.0912. The molecule has 1 aromatic carbocycles. The molecule has 0 spiro atoms. The molecule has 29 heavy (non-hydrogen) atoms. The van der Waals surface area contributed by atoms with Gasteiger partial charge in [0.2, 0.25) is 0 Å². The molecule has 0 unspecified atom stereocenters. The molecule has 6 nitrogen and oxygen atoms in total. The van der Waals surface area contributed by atoms with Crippen LogP contribution in [0.4, 0.5) is 24.7 Å². The Bertz CT molecular complexity index is 1190. The number of halogens is 3. The summed E-state index contributed by atoms with van der Waals surface area (Å²) in [4.78, 5) is 16.5. The highest BCUT2D eigenvalue weighted by molar-refractivity contribution is 8.14. The zero-order chi connectivity index (χ0) is 20.3. The fourth-order valence-corrected chi connectivity index (χ4v) is 5.11. The summed E-state index contributed by atoms with van der Waals surface area (Å²) in [6.45, 7) is 1.77. The van der Waals surface area contributed by atoms with E-state index in [-0.39, 0.29) is 28.2 Å². The molecule has 0 amide bonds. The van der Waals surface area contributed by atoms with Crippen molar-refractivity contribution < 1.29 is 13.2 Å². The SMILES string of the molecule is C[C@@]1(c2cc(Nc3ncnc4cc(F)cnc34)cc(F)c2F)N=C(N)S[C@H]2C[C@H]21. The highest BCUT2D eigenvalue weighted by atomic mass is 32.2. The van der Waals surface area contributed by atoms with Crippen LogP contribution < -0.4 is 11.1 Å². The summed E-state index contributed by atoms with van der Waals surface area (Å²) in [5.74, 6) is -2.14. The molecule has 1 aliphatic carbocycles. The van der Waals surface area contributed by atoms with Gasteiger partial charge in [0.05, 0.1) is 17.3 Å². The Labute approximate surface area is 167 Å². The van der Waals surface area contributed by atoms with Gasteiger partial charge in [0.15, 0.2) is 22.6 Å². The molecule has 10 heteroatoms. The number of fused-ring (bicyclic) bond motifs is 2. The van der Waals surface area contributed by atoms with Crippen LogP contribution in [0.1, 0.15) is 18.9 Å². The largest absolute Gasteiger partial charge is 0.379 e. The maximum atomic E-state index is 14.8. The van der Waals surface area contributed by atoms with Crippen molar-refractivity contribution in [1.82, 2.24) is 15.0 Å². The average Bonchev–Trinajstić information content (AvgIpc) is 3.44. The van der Waals surface area contributed by atoms with Crippen LogP contribution in [-0.2, 0) is 5.54 Å². The predicted molar refractivity (Wildman–Crippen MR) is 105 cm³/mol. The van der Waals surface area contributed by atoms with Gasteiger partial charge in [-0.1, -0.05) is 11.8 Å². The summed E-state index contributed by atoms with van der Waals surface area (Å²) in [7, 11) is 0. The number of aliphatic imine (C=N–C) groups is 1. The Hall–Kier alpha value is -2.88. The van der Waals surface area contributed by atoms with Crippen LogP contribution in [-0.4, -0.2) is 25.4 Å². The first-order chi connectivity index (χ1) is 13.8. The van der Waals surface area contributed by atoms with Crippen molar-refractivity contribution in [2.75, 3.05) is 5.32 Å². The molecule has 2 aliphatic rings. The van der Waals surface area contributed by atoms with Gasteiger partial charge in [0, 0.05) is 34.6 Å². The van der Waals surface area contributed by atoms with E-state index in [2.05, 4.69) is 25.3 Å². The van der Waals surface area contributed by atoms with E-state index in [4.69, 9.17) is 5.73 Å². The lowest BCUT2D eigenvalue weighted by molar-refractivity contribution is 0.393. The summed E-state index contributed by atoms with van der Waals surface area (Å²) >= 11 is 1.47. The molecule has 3 aromatic rings. The second-order valence-corrected chi connectivity index (χ2v) is 8.54. The number of anilines is 2. The quantitative estimate of drug-likeness (QED) is 0.674. The van der Waals surface area contributed by atoms with Gasteiger partial charge >= 0.3 is 0 Å². The zero-order valence-corrected chi connectivity index (χ0v) is 16.0. The number of nitrogens with two attached hydrogens (primary N) is 1. The van der Waals surface area contributed by atoms with E-state index in [1.165, 1.54) is 30.2 Å². The van der Waals surface area contributed by atoms with E-state index in [1.807, 2.05) is 0 Å². The van der Waals surface area contributed by atoms with Crippen LogP contribution in [0.2, 0.25) is 0 Å². The van der Waals surface area contributed by atoms with E-state index in [1.54, 1.807) is 6.92 Å². The average molecular weight is 416 g/mol. The molecule has 5 rings (SSSR count). The van der Waals surface area contributed by atoms with Gasteiger partial charge in [-0.05, 0) is 19.4 Å². The molecule has 3 atom stereocenters. The fraction of sp³-hybridized carbons (Fsp3) is 0.263. The Morgan fingerprint density at radius 2 is 2.00 bits per heavy atom. The Kier molecular flexibility index (Phi) is 3.95. The Morgan fingerprint density at radius 1 is 1.17 bits per heavy atom. The molecular formula is C19H15F3N6S. The number of thioether (sulfide) groups is 1. The van der Waals surface area contributed by atoms with E-state index < -0.39 is 23.0 Å². The van der Waals surface area contributed by atoms with E-state index >= 15 is 0 Å². The van der Waals surface area contributed by atoms with Crippen molar-refractivity contribution in [3.8, 4) is 0 Å². The van der Waals surface area contributed by atoms with Crippen molar-refractivity contribution in [2.45, 2.75) is 24.1 Å². The molecule has 3 heterocycles. The van der Waals surface area contributed by atoms with E-state index in [9.17, 15) is 13.2 Å². The third-order valence-corrected chi connectivity index (χ3v) is 6.50. The Morgan fingerprint density at radius 3 is 2.83 bits per heavy atom.